The van der Waals surface area contributed by atoms with Crippen LogP contribution in [0.2, 0.25) is 0 Å². The largest absolute Gasteiger partial charge is 0.397 e. The number of hydrogen-bond acceptors (Lipinski definition) is 10. The summed E-state index contributed by atoms with van der Waals surface area (Å²) >= 11 is 1.54. The molecule has 1 aliphatic heterocycles. The predicted molar refractivity (Wildman–Crippen MR) is 225 cm³/mol. The fourth-order valence-electron chi connectivity index (χ4n) is 6.78. The van der Waals surface area contributed by atoms with Gasteiger partial charge in [-0.25, -0.2) is 0 Å². The van der Waals surface area contributed by atoms with Crippen molar-refractivity contribution in [3.63, 3.8) is 0 Å². The van der Waals surface area contributed by atoms with Crippen LogP contribution >= 0.6 is 11.8 Å². The predicted octanol–water partition coefficient (Wildman–Crippen LogP) is 7.95. The zero-order chi connectivity index (χ0) is 40.1. The van der Waals surface area contributed by atoms with Gasteiger partial charge in [0.15, 0.2) is 6.29 Å². The molecule has 0 unspecified atom stereocenters. The summed E-state index contributed by atoms with van der Waals surface area (Å²) in [6.07, 6.45) is 2.52. The molecule has 0 spiro atoms. The number of nitrogen functional groups attached to an aromatic ring is 1. The molecule has 298 valence electrons. The molecule has 7 rings (SSSR count). The van der Waals surface area contributed by atoms with Crippen molar-refractivity contribution >= 4 is 35.0 Å². The van der Waals surface area contributed by atoms with E-state index in [1.807, 2.05) is 91.0 Å². The Bertz CT molecular complexity index is 2270. The van der Waals surface area contributed by atoms with Crippen LogP contribution < -0.4 is 16.4 Å². The van der Waals surface area contributed by atoms with Crippen LogP contribution in [-0.2, 0) is 32.2 Å². The summed E-state index contributed by atoms with van der Waals surface area (Å²) in [4.78, 5) is 25.0. The molecule has 12 nitrogen and oxygen atoms in total. The number of amides is 2. The van der Waals surface area contributed by atoms with Gasteiger partial charge in [0, 0.05) is 37.1 Å². The molecule has 1 fully saturated rings. The number of benzene rings is 5. The van der Waals surface area contributed by atoms with Crippen molar-refractivity contribution in [2.45, 2.75) is 75.3 Å². The molecule has 1 aliphatic rings. The lowest BCUT2D eigenvalue weighted by Gasteiger charge is -2.36. The first kappa shape index (κ1) is 40.3. The molecule has 0 saturated carbocycles. The number of thioether (sulfide) groups is 1. The maximum Gasteiger partial charge on any atom is 0.224 e. The smallest absolute Gasteiger partial charge is 0.224 e. The second-order valence-corrected chi connectivity index (χ2v) is 15.2. The van der Waals surface area contributed by atoms with E-state index in [4.69, 9.17) is 15.2 Å². The van der Waals surface area contributed by atoms with Gasteiger partial charge in [-0.3, -0.25) is 9.59 Å². The number of unbranched alkanes of at least 4 members (excludes halogenated alkanes) is 2. The van der Waals surface area contributed by atoms with Crippen LogP contribution in [0.5, 0.6) is 0 Å². The van der Waals surface area contributed by atoms with E-state index in [0.717, 1.165) is 45.5 Å². The summed E-state index contributed by atoms with van der Waals surface area (Å²) in [6, 6.07) is 41.1. The quantitative estimate of drug-likeness (QED) is 0.0404. The number of nitrogens with two attached hydrogens (primary N) is 1. The number of anilines is 2. The zero-order valence-electron chi connectivity index (χ0n) is 32.1. The van der Waals surface area contributed by atoms with Crippen molar-refractivity contribution in [1.82, 2.24) is 25.5 Å². The standard InChI is InChI=1S/C45H47N7O5S/c46-39-17-7-8-18-40(39)48-43(55)20-6-2-5-19-42(54)47-28-32-11-9-12-34(25-32)35-13-10-14-36(26-35)44-56-38(27-41(57-44)33-23-21-31(29-53)22-24-33)30-58-45-49-50-51-52(45)37-15-3-1-4-16-37/h1,3-4,7-18,21-26,38,41,44,53H,2,5-6,19-20,27-30,46H2,(H,47,54)(H,48,55)/t38-,41+,44+/m1/s1. The number of ether oxygens (including phenoxy) is 2. The first-order valence-electron chi connectivity index (χ1n) is 19.5. The lowest BCUT2D eigenvalue weighted by Crippen LogP contribution is -2.31. The summed E-state index contributed by atoms with van der Waals surface area (Å²) in [5.41, 5.74) is 13.7. The maximum atomic E-state index is 12.7. The van der Waals surface area contributed by atoms with Gasteiger partial charge >= 0.3 is 0 Å². The molecule has 1 saturated heterocycles. The summed E-state index contributed by atoms with van der Waals surface area (Å²) in [5.74, 6) is 0.498. The number of para-hydroxylation sites is 3. The van der Waals surface area contributed by atoms with Crippen LogP contribution in [0.15, 0.2) is 133 Å². The number of aliphatic hydroxyl groups is 1. The van der Waals surface area contributed by atoms with Crippen molar-refractivity contribution in [2.24, 2.45) is 0 Å². The monoisotopic (exact) mass is 797 g/mol. The Kier molecular flexibility index (Phi) is 13.9. The van der Waals surface area contributed by atoms with Crippen LogP contribution in [0.3, 0.4) is 0 Å². The van der Waals surface area contributed by atoms with Gasteiger partial charge in [0.25, 0.3) is 0 Å². The van der Waals surface area contributed by atoms with E-state index in [2.05, 4.69) is 50.4 Å². The maximum absolute atomic E-state index is 12.7. The Morgan fingerprint density at radius 2 is 1.52 bits per heavy atom. The average Bonchev–Trinajstić information content (AvgIpc) is 3.75. The first-order chi connectivity index (χ1) is 28.4. The van der Waals surface area contributed by atoms with E-state index >= 15 is 0 Å². The van der Waals surface area contributed by atoms with E-state index in [0.29, 0.717) is 60.9 Å². The lowest BCUT2D eigenvalue weighted by atomic mass is 9.99. The van der Waals surface area contributed by atoms with E-state index < -0.39 is 6.29 Å². The molecule has 0 aliphatic carbocycles. The molecule has 2 amide bonds. The zero-order valence-corrected chi connectivity index (χ0v) is 32.9. The number of aliphatic hydroxyl groups excluding tert-OH is 1. The van der Waals surface area contributed by atoms with Crippen molar-refractivity contribution in [2.75, 3.05) is 16.8 Å². The molecular formula is C45H47N7O5S. The van der Waals surface area contributed by atoms with Gasteiger partial charge in [-0.2, -0.15) is 4.68 Å². The first-order valence-corrected chi connectivity index (χ1v) is 20.5. The summed E-state index contributed by atoms with van der Waals surface area (Å²) in [7, 11) is 0. The highest BCUT2D eigenvalue weighted by molar-refractivity contribution is 7.99. The molecule has 2 heterocycles. The third-order valence-electron chi connectivity index (χ3n) is 9.91. The molecule has 13 heteroatoms. The van der Waals surface area contributed by atoms with Crippen molar-refractivity contribution in [3.8, 4) is 16.8 Å². The van der Waals surface area contributed by atoms with E-state index in [1.54, 1.807) is 16.8 Å². The van der Waals surface area contributed by atoms with Crippen LogP contribution in [0.4, 0.5) is 11.4 Å². The number of hydrogen-bond donors (Lipinski definition) is 4. The second-order valence-electron chi connectivity index (χ2n) is 14.2. The third kappa shape index (κ3) is 11.0. The Balaban J connectivity index is 0.953. The summed E-state index contributed by atoms with van der Waals surface area (Å²) in [5, 5.41) is 28.6. The third-order valence-corrected chi connectivity index (χ3v) is 11.0. The van der Waals surface area contributed by atoms with Crippen LogP contribution in [0, 0.1) is 0 Å². The van der Waals surface area contributed by atoms with Crippen LogP contribution in [-0.4, -0.2) is 49.0 Å². The van der Waals surface area contributed by atoms with E-state index in [-0.39, 0.29) is 30.6 Å². The average molecular weight is 798 g/mol. The Hall–Kier alpha value is -5.86. The summed E-state index contributed by atoms with van der Waals surface area (Å²) < 4.78 is 15.0. The Morgan fingerprint density at radius 1 is 0.776 bits per heavy atom. The second kappa shape index (κ2) is 20.0. The number of aromatic nitrogens is 4. The normalized spacial score (nSPS) is 16.5. The van der Waals surface area contributed by atoms with E-state index in [1.165, 1.54) is 11.8 Å². The highest BCUT2D eigenvalue weighted by Gasteiger charge is 2.33. The van der Waals surface area contributed by atoms with Crippen molar-refractivity contribution < 1.29 is 24.2 Å². The molecule has 58 heavy (non-hydrogen) atoms. The highest BCUT2D eigenvalue weighted by Crippen LogP contribution is 2.40. The fourth-order valence-corrected chi connectivity index (χ4v) is 7.68. The Labute approximate surface area is 342 Å². The minimum Gasteiger partial charge on any atom is -0.397 e. The molecule has 1 aromatic heterocycles. The van der Waals surface area contributed by atoms with E-state index in [9.17, 15) is 14.7 Å². The number of tetrazole rings is 1. The molecule has 3 atom stereocenters. The molecule has 6 aromatic rings. The van der Waals surface area contributed by atoms with Crippen LogP contribution in [0.1, 0.15) is 73.2 Å². The number of carbonyl (C=O) groups excluding carboxylic acids is 2. The van der Waals surface area contributed by atoms with Gasteiger partial charge in [-0.15, -0.1) is 5.10 Å². The number of nitrogens with one attached hydrogen (secondary N) is 2. The van der Waals surface area contributed by atoms with Gasteiger partial charge in [0.2, 0.25) is 17.0 Å². The highest BCUT2D eigenvalue weighted by atomic mass is 32.2. The molecule has 5 aromatic carbocycles. The number of carbonyl (C=O) groups is 2. The number of rotatable bonds is 17. The van der Waals surface area contributed by atoms with Gasteiger partial charge < -0.3 is 30.9 Å². The SMILES string of the molecule is Nc1ccccc1NC(=O)CCCCCC(=O)NCc1cccc(-c2cccc([C@H]3O[C@@H](CSc4nnnn4-c4ccccc4)C[C@@H](c4ccc(CO)cc4)O3)c2)c1. The number of nitrogens with zero attached hydrogens (tertiary/aromatic N) is 4. The summed E-state index contributed by atoms with van der Waals surface area (Å²) in [6.45, 7) is 0.384. The van der Waals surface area contributed by atoms with Gasteiger partial charge in [-0.1, -0.05) is 109 Å². The molecular weight excluding hydrogens is 751 g/mol. The van der Waals surface area contributed by atoms with Crippen molar-refractivity contribution in [1.29, 1.82) is 0 Å². The fraction of sp³-hybridized carbons (Fsp3) is 0.267. The lowest BCUT2D eigenvalue weighted by molar-refractivity contribution is -0.245. The molecule has 0 radical (unpaired) electrons. The van der Waals surface area contributed by atoms with Gasteiger partial charge in [0.05, 0.1) is 35.9 Å². The van der Waals surface area contributed by atoms with Gasteiger partial charge in [0.1, 0.15) is 0 Å². The molecule has 5 N–H and O–H groups in total. The Morgan fingerprint density at radius 3 is 2.31 bits per heavy atom. The van der Waals surface area contributed by atoms with Gasteiger partial charge in [-0.05, 0) is 87.5 Å². The minimum atomic E-state index is -0.633. The minimum absolute atomic E-state index is 0.0228. The van der Waals surface area contributed by atoms with Crippen molar-refractivity contribution in [3.05, 3.63) is 150 Å². The van der Waals surface area contributed by atoms with Crippen LogP contribution in [0.25, 0.3) is 16.8 Å². The topological polar surface area (TPSA) is 167 Å². The molecule has 0 bridgehead atoms.